The molecule has 21 heavy (non-hydrogen) atoms. The van der Waals surface area contributed by atoms with Gasteiger partial charge in [0.15, 0.2) is 5.82 Å². The van der Waals surface area contributed by atoms with Crippen molar-refractivity contribution in [1.29, 1.82) is 0 Å². The number of aromatic nitrogens is 5. The third-order valence-electron chi connectivity index (χ3n) is 3.92. The smallest absolute Gasteiger partial charge is 0.245 e. The first-order chi connectivity index (χ1) is 10.3. The minimum atomic E-state index is 0.771. The molecular weight excluding hydrogens is 286 g/mol. The highest BCUT2D eigenvalue weighted by atomic mass is 32.1. The van der Waals surface area contributed by atoms with E-state index in [1.165, 1.54) is 24.4 Å². The van der Waals surface area contributed by atoms with E-state index in [1.54, 1.807) is 0 Å². The third-order valence-corrected chi connectivity index (χ3v) is 4.76. The molecule has 0 atom stereocenters. The number of nitrogens with zero attached hydrogens (tertiary/aromatic N) is 5. The van der Waals surface area contributed by atoms with Gasteiger partial charge in [0.2, 0.25) is 5.95 Å². The maximum Gasteiger partial charge on any atom is 0.245 e. The van der Waals surface area contributed by atoms with E-state index in [-0.39, 0.29) is 0 Å². The number of rotatable bonds is 5. The van der Waals surface area contributed by atoms with Crippen LogP contribution < -0.4 is 10.2 Å². The predicted octanol–water partition coefficient (Wildman–Crippen LogP) is 1.46. The fraction of sp³-hybridized carbons (Fsp3) is 0.692. The summed E-state index contributed by atoms with van der Waals surface area (Å²) in [6.45, 7) is 8.30. The second-order valence-electron chi connectivity index (χ2n) is 5.41. The molecule has 1 fully saturated rings. The maximum atomic E-state index is 4.60. The average Bonchev–Trinajstić information content (AvgIpc) is 3.14. The summed E-state index contributed by atoms with van der Waals surface area (Å²) in [5.41, 5.74) is 0.895. The largest absolute Gasteiger partial charge is 0.340 e. The molecule has 0 aliphatic carbocycles. The van der Waals surface area contributed by atoms with Crippen LogP contribution in [0.5, 0.6) is 0 Å². The first kappa shape index (κ1) is 14.4. The van der Waals surface area contributed by atoms with Gasteiger partial charge in [-0.2, -0.15) is 4.98 Å². The van der Waals surface area contributed by atoms with Crippen LogP contribution in [0, 0.1) is 12.8 Å². The molecule has 114 valence electrons. The van der Waals surface area contributed by atoms with Gasteiger partial charge in [0.1, 0.15) is 4.88 Å². The fourth-order valence-electron chi connectivity index (χ4n) is 2.63. The number of hydrogen-bond donors (Lipinski definition) is 2. The molecule has 0 aromatic carbocycles. The number of piperidine rings is 1. The Morgan fingerprint density at radius 1 is 1.38 bits per heavy atom. The zero-order valence-electron chi connectivity index (χ0n) is 12.5. The van der Waals surface area contributed by atoms with E-state index in [9.17, 15) is 0 Å². The molecule has 0 spiro atoms. The Morgan fingerprint density at radius 3 is 2.86 bits per heavy atom. The van der Waals surface area contributed by atoms with Crippen LogP contribution in [0.15, 0.2) is 0 Å². The fourth-order valence-corrected chi connectivity index (χ4v) is 3.23. The van der Waals surface area contributed by atoms with Crippen molar-refractivity contribution in [3.63, 3.8) is 0 Å². The summed E-state index contributed by atoms with van der Waals surface area (Å²) in [5.74, 6) is 2.33. The van der Waals surface area contributed by atoms with Gasteiger partial charge >= 0.3 is 0 Å². The summed E-state index contributed by atoms with van der Waals surface area (Å²) in [4.78, 5) is 7.82. The second kappa shape index (κ2) is 6.48. The van der Waals surface area contributed by atoms with Gasteiger partial charge in [-0.15, -0.1) is 10.2 Å². The molecule has 1 aliphatic rings. The Balaban J connectivity index is 1.62. The van der Waals surface area contributed by atoms with Crippen LogP contribution in [-0.4, -0.2) is 50.9 Å². The molecule has 2 N–H and O–H groups in total. The molecule has 1 aliphatic heterocycles. The third kappa shape index (κ3) is 3.21. The maximum absolute atomic E-state index is 4.60. The molecular formula is C13H21N7S. The van der Waals surface area contributed by atoms with Gasteiger partial charge in [0, 0.05) is 13.1 Å². The number of anilines is 1. The number of nitrogens with one attached hydrogen (secondary N) is 2. The van der Waals surface area contributed by atoms with Crippen LogP contribution in [0.25, 0.3) is 10.7 Å². The van der Waals surface area contributed by atoms with Gasteiger partial charge in [0.05, 0.1) is 5.69 Å². The van der Waals surface area contributed by atoms with Gasteiger partial charge < -0.3 is 10.2 Å². The highest BCUT2D eigenvalue weighted by molar-refractivity contribution is 7.09. The molecule has 0 unspecified atom stereocenters. The van der Waals surface area contributed by atoms with Gasteiger partial charge in [-0.25, -0.2) is 0 Å². The van der Waals surface area contributed by atoms with E-state index in [0.29, 0.717) is 0 Å². The Hall–Kier alpha value is -1.54. The average molecular weight is 307 g/mol. The Bertz CT molecular complexity index is 571. The number of H-pyrrole nitrogens is 1. The lowest BCUT2D eigenvalue weighted by molar-refractivity contribution is 0.384. The summed E-state index contributed by atoms with van der Waals surface area (Å²) in [5, 5.41) is 14.8. The van der Waals surface area contributed by atoms with Crippen LogP contribution in [0.4, 0.5) is 5.95 Å². The van der Waals surface area contributed by atoms with Crippen LogP contribution in [0.2, 0.25) is 0 Å². The monoisotopic (exact) mass is 307 g/mol. The van der Waals surface area contributed by atoms with Crippen molar-refractivity contribution in [3.8, 4) is 10.7 Å². The van der Waals surface area contributed by atoms with Crippen LogP contribution in [0.3, 0.4) is 0 Å². The molecule has 0 radical (unpaired) electrons. The first-order valence-electron chi connectivity index (χ1n) is 7.45. The summed E-state index contributed by atoms with van der Waals surface area (Å²) in [7, 11) is 0. The summed E-state index contributed by atoms with van der Waals surface area (Å²) < 4.78 is 3.94. The van der Waals surface area contributed by atoms with Crippen molar-refractivity contribution in [2.75, 3.05) is 31.1 Å². The van der Waals surface area contributed by atoms with E-state index >= 15 is 0 Å². The molecule has 0 amide bonds. The van der Waals surface area contributed by atoms with Gasteiger partial charge in [-0.1, -0.05) is 11.4 Å². The van der Waals surface area contributed by atoms with Crippen molar-refractivity contribution in [3.05, 3.63) is 5.69 Å². The summed E-state index contributed by atoms with van der Waals surface area (Å²) in [6.07, 6.45) is 2.38. The highest BCUT2D eigenvalue weighted by Crippen LogP contribution is 2.25. The number of aryl methyl sites for hydroxylation is 1. The van der Waals surface area contributed by atoms with E-state index < -0.39 is 0 Å². The first-order valence-corrected chi connectivity index (χ1v) is 8.22. The lowest BCUT2D eigenvalue weighted by Gasteiger charge is -2.31. The van der Waals surface area contributed by atoms with Crippen LogP contribution in [-0.2, 0) is 0 Å². The molecule has 0 saturated carbocycles. The second-order valence-corrected chi connectivity index (χ2v) is 6.16. The molecule has 3 heterocycles. The van der Waals surface area contributed by atoms with Gasteiger partial charge in [-0.05, 0) is 50.3 Å². The molecule has 7 nitrogen and oxygen atoms in total. The Kier molecular flexibility index (Phi) is 4.45. The Morgan fingerprint density at radius 2 is 2.19 bits per heavy atom. The normalized spacial score (nSPS) is 16.6. The molecule has 3 rings (SSSR count). The minimum absolute atomic E-state index is 0.771. The molecule has 0 bridgehead atoms. The van der Waals surface area contributed by atoms with Crippen LogP contribution in [0.1, 0.15) is 25.5 Å². The molecule has 2 aromatic rings. The van der Waals surface area contributed by atoms with E-state index in [0.717, 1.165) is 54.4 Å². The topological polar surface area (TPSA) is 82.6 Å². The summed E-state index contributed by atoms with van der Waals surface area (Å²) in [6, 6.07) is 0. The lowest BCUT2D eigenvalue weighted by Crippen LogP contribution is -2.37. The standard InChI is InChI=1S/C13H21N7S/c1-3-14-8-10-4-6-20(7-5-10)13-15-12(17-18-13)11-9(2)16-19-21-11/h10,14H,3-8H2,1-2H3,(H,15,17,18). The van der Waals surface area contributed by atoms with Crippen molar-refractivity contribution in [1.82, 2.24) is 30.1 Å². The van der Waals surface area contributed by atoms with Crippen LogP contribution >= 0.6 is 11.5 Å². The molecule has 2 aromatic heterocycles. The van der Waals surface area contributed by atoms with Crippen molar-refractivity contribution >= 4 is 17.5 Å². The van der Waals surface area contributed by atoms with Gasteiger partial charge in [-0.3, -0.25) is 5.10 Å². The van der Waals surface area contributed by atoms with E-state index in [1.807, 2.05) is 6.92 Å². The molecule has 1 saturated heterocycles. The quantitative estimate of drug-likeness (QED) is 0.870. The predicted molar refractivity (Wildman–Crippen MR) is 83.5 cm³/mol. The minimum Gasteiger partial charge on any atom is -0.340 e. The summed E-state index contributed by atoms with van der Waals surface area (Å²) >= 11 is 1.35. The Labute approximate surface area is 128 Å². The number of aromatic amines is 1. The van der Waals surface area contributed by atoms with Gasteiger partial charge in [0.25, 0.3) is 0 Å². The van der Waals surface area contributed by atoms with Crippen molar-refractivity contribution < 1.29 is 0 Å². The highest BCUT2D eigenvalue weighted by Gasteiger charge is 2.22. The molecule has 8 heteroatoms. The van der Waals surface area contributed by atoms with E-state index in [2.05, 4.69) is 41.9 Å². The van der Waals surface area contributed by atoms with Crippen molar-refractivity contribution in [2.24, 2.45) is 5.92 Å². The van der Waals surface area contributed by atoms with E-state index in [4.69, 9.17) is 0 Å². The lowest BCUT2D eigenvalue weighted by atomic mass is 9.97. The zero-order chi connectivity index (χ0) is 14.7. The van der Waals surface area contributed by atoms with Crippen molar-refractivity contribution in [2.45, 2.75) is 26.7 Å². The SMILES string of the molecule is CCNCC1CCN(c2n[nH]c(-c3snnc3C)n2)CC1. The zero-order valence-corrected chi connectivity index (χ0v) is 13.3. The number of hydrogen-bond acceptors (Lipinski definition) is 7.